The van der Waals surface area contributed by atoms with Crippen molar-refractivity contribution in [3.63, 3.8) is 0 Å². The third kappa shape index (κ3) is 3.24. The molecule has 0 spiro atoms. The number of rotatable bonds is 6. The molecule has 8 heteroatoms. The fraction of sp³-hybridized carbons (Fsp3) is 0.438. The lowest BCUT2D eigenvalue weighted by Gasteiger charge is -2.35. The zero-order chi connectivity index (χ0) is 17.3. The predicted octanol–water partition coefficient (Wildman–Crippen LogP) is 0.225. The summed E-state index contributed by atoms with van der Waals surface area (Å²) in [5.74, 6) is -3.83. The number of carbonyl (C=O) groups excluding carboxylic acids is 2. The molecule has 0 radical (unpaired) electrons. The minimum absolute atomic E-state index is 0.361. The Morgan fingerprint density at radius 1 is 1.29 bits per heavy atom. The number of hydrogen-bond donors (Lipinski definition) is 3. The van der Waals surface area contributed by atoms with Crippen molar-refractivity contribution in [3.05, 3.63) is 29.8 Å². The number of aliphatic carboxylic acids is 1. The maximum absolute atomic E-state index is 12.7. The van der Waals surface area contributed by atoms with Gasteiger partial charge in [0.15, 0.2) is 0 Å². The lowest BCUT2D eigenvalue weighted by molar-refractivity contribution is -0.147. The SMILES string of the molecule is O=C(O)CNC(=O)[C@H]1C(=O)N(OCC2CC2)c2ccccc2C1O. The zero-order valence-corrected chi connectivity index (χ0v) is 12.8. The summed E-state index contributed by atoms with van der Waals surface area (Å²) >= 11 is 0. The maximum atomic E-state index is 12.7. The van der Waals surface area contributed by atoms with Gasteiger partial charge in [-0.3, -0.25) is 19.2 Å². The minimum Gasteiger partial charge on any atom is -0.480 e. The van der Waals surface area contributed by atoms with E-state index in [0.717, 1.165) is 17.9 Å². The number of para-hydroxylation sites is 1. The number of fused-ring (bicyclic) bond motifs is 1. The van der Waals surface area contributed by atoms with Gasteiger partial charge in [-0.2, -0.15) is 5.06 Å². The van der Waals surface area contributed by atoms with Crippen LogP contribution in [-0.4, -0.2) is 41.1 Å². The van der Waals surface area contributed by atoms with Crippen LogP contribution in [0.4, 0.5) is 5.69 Å². The van der Waals surface area contributed by atoms with Gasteiger partial charge in [0.2, 0.25) is 5.91 Å². The highest BCUT2D eigenvalue weighted by Gasteiger charge is 2.45. The first kappa shape index (κ1) is 16.4. The zero-order valence-electron chi connectivity index (χ0n) is 12.8. The number of aliphatic hydroxyl groups excluding tert-OH is 1. The van der Waals surface area contributed by atoms with Gasteiger partial charge in [-0.1, -0.05) is 18.2 Å². The monoisotopic (exact) mass is 334 g/mol. The highest BCUT2D eigenvalue weighted by Crippen LogP contribution is 2.39. The van der Waals surface area contributed by atoms with Crippen LogP contribution in [-0.2, 0) is 19.2 Å². The van der Waals surface area contributed by atoms with Crippen LogP contribution in [0.5, 0.6) is 0 Å². The molecule has 3 rings (SSSR count). The van der Waals surface area contributed by atoms with Crippen molar-refractivity contribution >= 4 is 23.5 Å². The maximum Gasteiger partial charge on any atom is 0.322 e. The standard InChI is InChI=1S/C16H18N2O6/c19-12(20)7-17-15(22)13-14(21)10-3-1-2-4-11(10)18(16(13)23)24-8-9-5-6-9/h1-4,9,13-14,21H,5-8H2,(H,17,22)(H,19,20)/t13-,14?/m0/s1. The van der Waals surface area contributed by atoms with Crippen molar-refractivity contribution in [2.75, 3.05) is 18.2 Å². The molecule has 2 amide bonds. The molecule has 2 atom stereocenters. The number of nitrogens with one attached hydrogen (secondary N) is 1. The Hall–Kier alpha value is -2.45. The van der Waals surface area contributed by atoms with Crippen molar-refractivity contribution in [2.45, 2.75) is 18.9 Å². The molecule has 1 heterocycles. The number of carboxylic acids is 1. The molecule has 3 N–H and O–H groups in total. The molecule has 1 unspecified atom stereocenters. The molecule has 0 saturated heterocycles. The van der Waals surface area contributed by atoms with Crippen molar-refractivity contribution in [2.24, 2.45) is 11.8 Å². The molecular weight excluding hydrogens is 316 g/mol. The summed E-state index contributed by atoms with van der Waals surface area (Å²) in [7, 11) is 0. The summed E-state index contributed by atoms with van der Waals surface area (Å²) in [6, 6.07) is 6.63. The Bertz CT molecular complexity index is 672. The second kappa shape index (κ2) is 6.58. The second-order valence-corrected chi connectivity index (χ2v) is 5.96. The summed E-state index contributed by atoms with van der Waals surface area (Å²) in [6.45, 7) is -0.264. The average Bonchev–Trinajstić information content (AvgIpc) is 3.37. The van der Waals surface area contributed by atoms with E-state index in [1.807, 2.05) is 0 Å². The molecule has 1 aromatic rings. The minimum atomic E-state index is -1.45. The molecule has 1 aliphatic carbocycles. The van der Waals surface area contributed by atoms with Gasteiger partial charge in [0, 0.05) is 5.56 Å². The van der Waals surface area contributed by atoms with Gasteiger partial charge in [0.25, 0.3) is 5.91 Å². The van der Waals surface area contributed by atoms with Crippen LogP contribution in [0.15, 0.2) is 24.3 Å². The molecule has 128 valence electrons. The van der Waals surface area contributed by atoms with E-state index in [-0.39, 0.29) is 0 Å². The molecule has 1 aliphatic heterocycles. The molecule has 0 bridgehead atoms. The molecule has 0 aromatic heterocycles. The average molecular weight is 334 g/mol. The van der Waals surface area contributed by atoms with E-state index in [4.69, 9.17) is 9.94 Å². The van der Waals surface area contributed by atoms with Gasteiger partial charge >= 0.3 is 5.97 Å². The van der Waals surface area contributed by atoms with E-state index in [1.54, 1.807) is 24.3 Å². The third-order valence-electron chi connectivity index (χ3n) is 4.09. The van der Waals surface area contributed by atoms with Crippen LogP contribution in [0.25, 0.3) is 0 Å². The summed E-state index contributed by atoms with van der Waals surface area (Å²) in [6.07, 6.45) is 0.715. The molecule has 1 fully saturated rings. The number of hydrogen-bond acceptors (Lipinski definition) is 5. The van der Waals surface area contributed by atoms with Crippen LogP contribution < -0.4 is 10.4 Å². The van der Waals surface area contributed by atoms with Gasteiger partial charge in [0.1, 0.15) is 18.6 Å². The quantitative estimate of drug-likeness (QED) is 0.641. The van der Waals surface area contributed by atoms with E-state index < -0.39 is 36.4 Å². The van der Waals surface area contributed by atoms with Crippen molar-refractivity contribution in [1.29, 1.82) is 0 Å². The number of nitrogens with zero attached hydrogens (tertiary/aromatic N) is 1. The summed E-state index contributed by atoms with van der Waals surface area (Å²) in [4.78, 5) is 41.0. The Morgan fingerprint density at radius 2 is 2.00 bits per heavy atom. The Labute approximate surface area is 138 Å². The lowest BCUT2D eigenvalue weighted by atomic mass is 9.89. The van der Waals surface area contributed by atoms with E-state index in [9.17, 15) is 19.5 Å². The number of benzene rings is 1. The normalized spacial score (nSPS) is 22.9. The van der Waals surface area contributed by atoms with E-state index >= 15 is 0 Å². The number of carbonyl (C=O) groups is 3. The fourth-order valence-electron chi connectivity index (χ4n) is 2.61. The second-order valence-electron chi connectivity index (χ2n) is 5.96. The molecule has 8 nitrogen and oxygen atoms in total. The number of aliphatic hydroxyl groups is 1. The molecule has 1 saturated carbocycles. The van der Waals surface area contributed by atoms with E-state index in [0.29, 0.717) is 23.8 Å². The molecular formula is C16H18N2O6. The predicted molar refractivity (Wildman–Crippen MR) is 81.7 cm³/mol. The van der Waals surface area contributed by atoms with Crippen LogP contribution in [0.1, 0.15) is 24.5 Å². The number of amides is 2. The van der Waals surface area contributed by atoms with Crippen molar-refractivity contribution in [1.82, 2.24) is 5.32 Å². The van der Waals surface area contributed by atoms with Gasteiger partial charge in [-0.05, 0) is 24.8 Å². The number of hydroxylamine groups is 1. The number of carboxylic acid groups (broad SMARTS) is 1. The first-order valence-corrected chi connectivity index (χ1v) is 7.72. The summed E-state index contributed by atoms with van der Waals surface area (Å²) in [5, 5.41) is 22.3. The molecule has 1 aromatic carbocycles. The van der Waals surface area contributed by atoms with Crippen molar-refractivity contribution in [3.8, 4) is 0 Å². The Kier molecular flexibility index (Phi) is 4.50. The van der Waals surface area contributed by atoms with Crippen LogP contribution in [0.3, 0.4) is 0 Å². The first-order chi connectivity index (χ1) is 11.5. The van der Waals surface area contributed by atoms with Crippen LogP contribution in [0.2, 0.25) is 0 Å². The summed E-state index contributed by atoms with van der Waals surface area (Å²) < 4.78 is 0. The van der Waals surface area contributed by atoms with Crippen LogP contribution >= 0.6 is 0 Å². The smallest absolute Gasteiger partial charge is 0.322 e. The lowest BCUT2D eigenvalue weighted by Crippen LogP contribution is -2.50. The van der Waals surface area contributed by atoms with Gasteiger partial charge < -0.3 is 15.5 Å². The Morgan fingerprint density at radius 3 is 2.67 bits per heavy atom. The molecule has 2 aliphatic rings. The fourth-order valence-corrected chi connectivity index (χ4v) is 2.61. The topological polar surface area (TPSA) is 116 Å². The summed E-state index contributed by atoms with van der Waals surface area (Å²) in [5.41, 5.74) is 0.793. The highest BCUT2D eigenvalue weighted by atomic mass is 16.7. The first-order valence-electron chi connectivity index (χ1n) is 7.72. The molecule has 24 heavy (non-hydrogen) atoms. The number of anilines is 1. The van der Waals surface area contributed by atoms with Crippen LogP contribution in [0, 0.1) is 11.8 Å². The van der Waals surface area contributed by atoms with Gasteiger partial charge in [-0.15, -0.1) is 0 Å². The van der Waals surface area contributed by atoms with Gasteiger partial charge in [-0.25, -0.2) is 0 Å². The highest BCUT2D eigenvalue weighted by molar-refractivity contribution is 6.09. The largest absolute Gasteiger partial charge is 0.480 e. The van der Waals surface area contributed by atoms with Crippen molar-refractivity contribution < 1.29 is 29.4 Å². The Balaban J connectivity index is 1.85. The van der Waals surface area contributed by atoms with E-state index in [2.05, 4.69) is 5.32 Å². The van der Waals surface area contributed by atoms with E-state index in [1.165, 1.54) is 0 Å². The van der Waals surface area contributed by atoms with Gasteiger partial charge in [0.05, 0.1) is 12.3 Å². The third-order valence-corrected chi connectivity index (χ3v) is 4.09.